The van der Waals surface area contributed by atoms with E-state index in [4.69, 9.17) is 4.74 Å². The normalized spacial score (nSPS) is 25.5. The predicted molar refractivity (Wildman–Crippen MR) is 92.0 cm³/mol. The summed E-state index contributed by atoms with van der Waals surface area (Å²) < 4.78 is 5.60. The Morgan fingerprint density at radius 1 is 1.33 bits per heavy atom. The Kier molecular flexibility index (Phi) is 5.30. The number of nitrogens with one attached hydrogen (secondary N) is 1. The molecule has 1 N–H and O–H groups in total. The summed E-state index contributed by atoms with van der Waals surface area (Å²) in [6.07, 6.45) is 1.83. The predicted octanol–water partition coefficient (Wildman–Crippen LogP) is 0.589. The van der Waals surface area contributed by atoms with Crippen LogP contribution in [-0.2, 0) is 9.53 Å². The largest absolute Gasteiger partial charge is 0.375 e. The third-order valence-electron chi connectivity index (χ3n) is 5.05. The van der Waals surface area contributed by atoms with Gasteiger partial charge in [0, 0.05) is 32.7 Å². The summed E-state index contributed by atoms with van der Waals surface area (Å²) in [6.45, 7) is 6.87. The maximum absolute atomic E-state index is 12.7. The Labute approximate surface area is 143 Å². The molecular formula is C17H27N5O2. The van der Waals surface area contributed by atoms with Crippen molar-refractivity contribution in [2.75, 3.05) is 38.2 Å². The number of nitrogens with zero attached hydrogens (tertiary/aromatic N) is 4. The van der Waals surface area contributed by atoms with Crippen LogP contribution in [0.5, 0.6) is 0 Å². The average Bonchev–Trinajstić information content (AvgIpc) is 2.62. The molecule has 3 rings (SSSR count). The number of piperidine rings is 1. The molecule has 0 unspecified atom stereocenters. The standard InChI is InChI=1S/C17H27N5O2/c1-12-4-5-15(20-19-12)21(3)14-6-9-22(10-7-14)17(23)16-13(2)24-11-8-18-16/h4-5,13-14,16,18H,6-11H2,1-3H3/t13-,16+/m1/s1. The van der Waals surface area contributed by atoms with Crippen LogP contribution in [-0.4, -0.2) is 72.5 Å². The number of ether oxygens (including phenoxy) is 1. The molecule has 1 aromatic heterocycles. The highest BCUT2D eigenvalue weighted by atomic mass is 16.5. The topological polar surface area (TPSA) is 70.6 Å². The minimum Gasteiger partial charge on any atom is -0.375 e. The molecule has 132 valence electrons. The molecule has 2 saturated heterocycles. The zero-order valence-corrected chi connectivity index (χ0v) is 14.7. The molecule has 7 heteroatoms. The lowest BCUT2D eigenvalue weighted by molar-refractivity contribution is -0.140. The lowest BCUT2D eigenvalue weighted by Crippen LogP contribution is -2.58. The number of hydrogen-bond donors (Lipinski definition) is 1. The van der Waals surface area contributed by atoms with E-state index >= 15 is 0 Å². The summed E-state index contributed by atoms with van der Waals surface area (Å²) in [4.78, 5) is 16.8. The molecule has 0 aromatic carbocycles. The van der Waals surface area contributed by atoms with E-state index in [1.165, 1.54) is 0 Å². The molecule has 0 bridgehead atoms. The van der Waals surface area contributed by atoms with Crippen LogP contribution in [0.15, 0.2) is 12.1 Å². The smallest absolute Gasteiger partial charge is 0.242 e. The SMILES string of the molecule is Cc1ccc(N(C)C2CCN(C(=O)[C@H]3NCCO[C@@H]3C)CC2)nn1. The van der Waals surface area contributed by atoms with Crippen LogP contribution in [0.4, 0.5) is 5.82 Å². The van der Waals surface area contributed by atoms with Crippen LogP contribution in [0, 0.1) is 6.92 Å². The fourth-order valence-electron chi connectivity index (χ4n) is 3.45. The minimum absolute atomic E-state index is 0.0607. The fraction of sp³-hybridized carbons (Fsp3) is 0.706. The molecule has 3 heterocycles. The summed E-state index contributed by atoms with van der Waals surface area (Å²) in [5.41, 5.74) is 0.920. The molecule has 0 aliphatic carbocycles. The number of amides is 1. The van der Waals surface area contributed by atoms with Gasteiger partial charge in [-0.25, -0.2) is 0 Å². The molecule has 2 atom stereocenters. The van der Waals surface area contributed by atoms with Gasteiger partial charge < -0.3 is 19.9 Å². The van der Waals surface area contributed by atoms with Crippen LogP contribution in [0.25, 0.3) is 0 Å². The van der Waals surface area contributed by atoms with Gasteiger partial charge in [0.1, 0.15) is 6.04 Å². The number of morpholine rings is 1. The Bertz CT molecular complexity index is 557. The quantitative estimate of drug-likeness (QED) is 0.873. The highest BCUT2D eigenvalue weighted by Gasteiger charge is 2.34. The highest BCUT2D eigenvalue weighted by molar-refractivity contribution is 5.82. The second-order valence-electron chi connectivity index (χ2n) is 6.71. The number of anilines is 1. The zero-order chi connectivity index (χ0) is 17.1. The number of rotatable bonds is 3. The van der Waals surface area contributed by atoms with Crippen molar-refractivity contribution < 1.29 is 9.53 Å². The molecule has 0 radical (unpaired) electrons. The van der Waals surface area contributed by atoms with Gasteiger partial charge >= 0.3 is 0 Å². The van der Waals surface area contributed by atoms with E-state index in [1.54, 1.807) is 0 Å². The van der Waals surface area contributed by atoms with Crippen molar-refractivity contribution in [2.45, 2.75) is 44.9 Å². The third-order valence-corrected chi connectivity index (χ3v) is 5.05. The number of hydrogen-bond acceptors (Lipinski definition) is 6. The number of aryl methyl sites for hydroxylation is 1. The summed E-state index contributed by atoms with van der Waals surface area (Å²) in [6, 6.07) is 4.16. The van der Waals surface area contributed by atoms with Gasteiger partial charge in [0.2, 0.25) is 5.91 Å². The summed E-state index contributed by atoms with van der Waals surface area (Å²) >= 11 is 0. The van der Waals surface area contributed by atoms with Crippen LogP contribution >= 0.6 is 0 Å². The first-order valence-electron chi connectivity index (χ1n) is 8.73. The van der Waals surface area contributed by atoms with Crippen molar-refractivity contribution in [2.24, 2.45) is 0 Å². The first-order valence-corrected chi connectivity index (χ1v) is 8.73. The Morgan fingerprint density at radius 3 is 2.71 bits per heavy atom. The molecule has 7 nitrogen and oxygen atoms in total. The van der Waals surface area contributed by atoms with Crippen LogP contribution in [0.1, 0.15) is 25.5 Å². The molecule has 24 heavy (non-hydrogen) atoms. The van der Waals surface area contributed by atoms with E-state index < -0.39 is 0 Å². The Hall–Kier alpha value is -1.73. The second kappa shape index (κ2) is 7.44. The van der Waals surface area contributed by atoms with Gasteiger partial charge in [0.05, 0.1) is 18.4 Å². The van der Waals surface area contributed by atoms with Crippen LogP contribution < -0.4 is 10.2 Å². The average molecular weight is 333 g/mol. The molecule has 0 saturated carbocycles. The molecule has 2 fully saturated rings. The van der Waals surface area contributed by atoms with E-state index in [0.717, 1.165) is 44.0 Å². The second-order valence-corrected chi connectivity index (χ2v) is 6.71. The van der Waals surface area contributed by atoms with Gasteiger partial charge in [-0.3, -0.25) is 4.79 Å². The number of aromatic nitrogens is 2. The van der Waals surface area contributed by atoms with E-state index in [0.29, 0.717) is 12.6 Å². The van der Waals surface area contributed by atoms with Gasteiger partial charge in [-0.1, -0.05) is 0 Å². The van der Waals surface area contributed by atoms with Gasteiger partial charge in [0.15, 0.2) is 5.82 Å². The van der Waals surface area contributed by atoms with E-state index in [2.05, 4.69) is 27.5 Å². The molecule has 2 aliphatic heterocycles. The molecule has 2 aliphatic rings. The summed E-state index contributed by atoms with van der Waals surface area (Å²) in [5, 5.41) is 11.7. The molecular weight excluding hydrogens is 306 g/mol. The van der Waals surface area contributed by atoms with E-state index in [1.807, 2.05) is 30.9 Å². The Balaban J connectivity index is 1.55. The lowest BCUT2D eigenvalue weighted by atomic mass is 10.0. The van der Waals surface area contributed by atoms with E-state index in [-0.39, 0.29) is 18.1 Å². The minimum atomic E-state index is -0.212. The molecule has 0 spiro atoms. The first-order chi connectivity index (χ1) is 11.6. The molecule has 1 aromatic rings. The fourth-order valence-corrected chi connectivity index (χ4v) is 3.45. The van der Waals surface area contributed by atoms with E-state index in [9.17, 15) is 4.79 Å². The van der Waals surface area contributed by atoms with Gasteiger partial charge in [-0.15, -0.1) is 5.10 Å². The van der Waals surface area contributed by atoms with Crippen molar-refractivity contribution in [3.05, 3.63) is 17.8 Å². The lowest BCUT2D eigenvalue weighted by Gasteiger charge is -2.40. The highest BCUT2D eigenvalue weighted by Crippen LogP contribution is 2.21. The van der Waals surface area contributed by atoms with Crippen LogP contribution in [0.2, 0.25) is 0 Å². The summed E-state index contributed by atoms with van der Waals surface area (Å²) in [5.74, 6) is 1.06. The molecule has 1 amide bonds. The number of likely N-dealkylation sites (tertiary alicyclic amines) is 1. The maximum Gasteiger partial charge on any atom is 0.242 e. The van der Waals surface area contributed by atoms with Gasteiger partial charge in [-0.05, 0) is 38.8 Å². The number of carbonyl (C=O) groups is 1. The van der Waals surface area contributed by atoms with Crippen molar-refractivity contribution in [1.29, 1.82) is 0 Å². The van der Waals surface area contributed by atoms with Crippen molar-refractivity contribution in [1.82, 2.24) is 20.4 Å². The summed E-state index contributed by atoms with van der Waals surface area (Å²) in [7, 11) is 2.06. The first kappa shape index (κ1) is 17.1. The monoisotopic (exact) mass is 333 g/mol. The van der Waals surface area contributed by atoms with Crippen LogP contribution in [0.3, 0.4) is 0 Å². The van der Waals surface area contributed by atoms with Gasteiger partial charge in [-0.2, -0.15) is 5.10 Å². The Morgan fingerprint density at radius 2 is 2.08 bits per heavy atom. The van der Waals surface area contributed by atoms with Crippen molar-refractivity contribution in [3.8, 4) is 0 Å². The van der Waals surface area contributed by atoms with Crippen molar-refractivity contribution >= 4 is 11.7 Å². The van der Waals surface area contributed by atoms with Gasteiger partial charge in [0.25, 0.3) is 0 Å². The third kappa shape index (κ3) is 3.67. The zero-order valence-electron chi connectivity index (χ0n) is 14.7. The maximum atomic E-state index is 12.7. The number of carbonyl (C=O) groups excluding carboxylic acids is 1. The van der Waals surface area contributed by atoms with Crippen molar-refractivity contribution in [3.63, 3.8) is 0 Å².